The van der Waals surface area contributed by atoms with E-state index in [1.54, 1.807) is 0 Å². The zero-order valence-electron chi connectivity index (χ0n) is 84.6. The van der Waals surface area contributed by atoms with Crippen molar-refractivity contribution in [2.45, 2.75) is 242 Å². The number of nitrogens with zero attached hydrogens (tertiary/aromatic N) is 16. The summed E-state index contributed by atoms with van der Waals surface area (Å²) in [6.07, 6.45) is 9.20. The number of benzene rings is 1. The van der Waals surface area contributed by atoms with Crippen molar-refractivity contribution in [3.05, 3.63) is 267 Å². The average molecular weight is 2020 g/mol. The van der Waals surface area contributed by atoms with Crippen LogP contribution in [-0.2, 0) is 129 Å². The summed E-state index contributed by atoms with van der Waals surface area (Å²) < 4.78 is 0. The molecule has 0 radical (unpaired) electrons. The first-order valence-electron chi connectivity index (χ1n) is 48.5. The predicted octanol–water partition coefficient (Wildman–Crippen LogP) is 27.7. The molecule has 20 heterocycles. The Morgan fingerprint density at radius 2 is 0.275 bits per heavy atom. The largest absolute Gasteiger partial charge is 2.00 e. The molecule has 0 saturated carbocycles. The molecule has 138 heavy (non-hydrogen) atoms. The first kappa shape index (κ1) is 96.9. The van der Waals surface area contributed by atoms with Crippen molar-refractivity contribution in [3.63, 3.8) is 0 Å². The predicted molar refractivity (Wildman–Crippen MR) is 558 cm³/mol. The summed E-state index contributed by atoms with van der Waals surface area (Å²) in [5, 5.41) is 4.12. The van der Waals surface area contributed by atoms with Crippen LogP contribution in [0.15, 0.2) is 109 Å². The van der Waals surface area contributed by atoms with Crippen molar-refractivity contribution in [3.8, 4) is 0 Å². The molecule has 11 aliphatic rings. The van der Waals surface area contributed by atoms with E-state index >= 15 is 0 Å². The van der Waals surface area contributed by atoms with Crippen LogP contribution in [0.5, 0.6) is 0 Å². The van der Waals surface area contributed by atoms with Crippen molar-refractivity contribution in [1.82, 2.24) is 79.7 Å². The van der Waals surface area contributed by atoms with Crippen LogP contribution in [0.3, 0.4) is 0 Å². The van der Waals surface area contributed by atoms with E-state index in [4.69, 9.17) is 79.7 Å². The van der Waals surface area contributed by atoms with Gasteiger partial charge in [-0.15, -0.1) is 88.3 Å². The second-order valence-electron chi connectivity index (χ2n) is 38.4. The SMILES string of the molecule is CCc1c(CC)c2cc3nc(cc4[n-]c(cc5nc(cc1[n-]2)C(C)=C5C)c1c4C2CCC1c1c2c2cc4nc(cc5[n-]c(cc6nc(cc1[n-]2)C(C)=C6C)c(CC)c5CC)C(C)=C4C)C(C)=C3C.CCc1c(CC)c2cc3nc(cc4[n-]c(cc5nc(cc1[n-]2)C(C)=C5C)c1cc2c5cc6nc(cc7[n-]c(cc8nc(cc([n-]5)c2cc41)C(C)=C8C)c(CC)c7CC)C(C)=C6C)C(C)=C3C.[Zn+2].[Zn+2].[Zn+2].[Zn+2]. The summed E-state index contributed by atoms with van der Waals surface area (Å²) in [7, 11) is 0. The van der Waals surface area contributed by atoms with Gasteiger partial charge in [0.25, 0.3) is 0 Å². The van der Waals surface area contributed by atoms with Gasteiger partial charge >= 0.3 is 77.9 Å². The van der Waals surface area contributed by atoms with Gasteiger partial charge in [0.2, 0.25) is 0 Å². The summed E-state index contributed by atoms with van der Waals surface area (Å²) in [6.45, 7) is 52.7. The van der Waals surface area contributed by atoms with Gasteiger partial charge in [-0.25, -0.2) is 39.9 Å². The third kappa shape index (κ3) is 15.2. The van der Waals surface area contributed by atoms with Gasteiger partial charge in [0.05, 0.1) is 91.1 Å². The van der Waals surface area contributed by atoms with E-state index in [0.29, 0.717) is 0 Å². The Kier molecular flexibility index (Phi) is 25.8. The van der Waals surface area contributed by atoms with Crippen molar-refractivity contribution in [2.75, 3.05) is 0 Å². The first-order chi connectivity index (χ1) is 64.6. The fourth-order valence-electron chi connectivity index (χ4n) is 22.7. The van der Waals surface area contributed by atoms with Crippen LogP contribution in [0.1, 0.15) is 349 Å². The van der Waals surface area contributed by atoms with Crippen LogP contribution in [-0.4, -0.2) is 39.9 Å². The van der Waals surface area contributed by atoms with E-state index < -0.39 is 0 Å². The molecule has 34 bridgehead atoms. The van der Waals surface area contributed by atoms with Gasteiger partial charge in [-0.3, -0.25) is 0 Å². The summed E-state index contributed by atoms with van der Waals surface area (Å²) in [5.74, 6) is 0.161. The quantitative estimate of drug-likeness (QED) is 0.129. The third-order valence-corrected chi connectivity index (χ3v) is 31.7. The van der Waals surface area contributed by atoms with E-state index in [9.17, 15) is 0 Å². The fraction of sp³-hybridized carbons (Fsp3) is 0.305. The summed E-state index contributed by atoms with van der Waals surface area (Å²) in [6, 6.07) is 39.8. The second kappa shape index (κ2) is 36.7. The van der Waals surface area contributed by atoms with E-state index in [1.165, 1.54) is 111 Å². The summed E-state index contributed by atoms with van der Waals surface area (Å²) in [4.78, 5) is 85.9. The number of aryl methyl sites for hydroxylation is 8. The second-order valence-corrected chi connectivity index (χ2v) is 38.4. The minimum absolute atomic E-state index is 0. The number of fused-ring (bicyclic) bond motifs is 39. The zero-order valence-corrected chi connectivity index (χ0v) is 96.5. The van der Waals surface area contributed by atoms with E-state index in [0.717, 1.165) is 310 Å². The van der Waals surface area contributed by atoms with Crippen LogP contribution >= 0.6 is 0 Å². The van der Waals surface area contributed by atoms with Gasteiger partial charge in [0, 0.05) is 11.8 Å². The molecule has 20 heteroatoms. The Hall–Kier alpha value is -11.4. The maximum Gasteiger partial charge on any atom is 2.00 e. The van der Waals surface area contributed by atoms with Crippen LogP contribution in [0.2, 0.25) is 0 Å². The zero-order chi connectivity index (χ0) is 93.2. The van der Waals surface area contributed by atoms with Gasteiger partial charge in [-0.2, -0.15) is 0 Å². The topological polar surface area (TPSA) is 216 Å². The average Bonchev–Trinajstić information content (AvgIpc) is 1.53. The molecule has 672 valence electrons. The molecule has 0 fully saturated rings. The molecule has 8 aliphatic heterocycles. The van der Waals surface area contributed by atoms with Crippen molar-refractivity contribution in [1.29, 1.82) is 0 Å². The van der Waals surface area contributed by atoms with Crippen LogP contribution in [0, 0.1) is 0 Å². The van der Waals surface area contributed by atoms with Crippen molar-refractivity contribution < 1.29 is 77.9 Å². The number of aromatic nitrogens is 16. The fourth-order valence-corrected chi connectivity index (χ4v) is 22.7. The normalized spacial score (nSPS) is 15.5. The van der Waals surface area contributed by atoms with Crippen LogP contribution in [0.25, 0.3) is 199 Å². The Labute approximate surface area is 858 Å². The number of rotatable bonds is 8. The molecule has 0 amide bonds. The maximum atomic E-state index is 5.65. The summed E-state index contributed by atoms with van der Waals surface area (Å²) >= 11 is 0. The molecule has 16 nitrogen and oxygen atoms in total. The van der Waals surface area contributed by atoms with Gasteiger partial charge in [-0.1, -0.05) is 219 Å². The molecule has 0 atom stereocenters. The third-order valence-electron chi connectivity index (χ3n) is 31.7. The van der Waals surface area contributed by atoms with Crippen LogP contribution < -0.4 is 39.9 Å². The smallest absolute Gasteiger partial charge is 0.657 e. The molecule has 12 aromatic heterocycles. The van der Waals surface area contributed by atoms with Crippen molar-refractivity contribution in [2.24, 2.45) is 0 Å². The molecule has 13 aromatic rings. The molecule has 24 rings (SSSR count). The number of hydrogen-bond acceptors (Lipinski definition) is 8. The first-order valence-corrected chi connectivity index (χ1v) is 48.5. The summed E-state index contributed by atoms with van der Waals surface area (Å²) in [5.41, 5.74) is 64.4. The number of hydrogen-bond donors (Lipinski definition) is 0. The van der Waals surface area contributed by atoms with Gasteiger partial charge in [-0.05, 0) is 298 Å². The van der Waals surface area contributed by atoms with Gasteiger partial charge in [0.1, 0.15) is 0 Å². The molecular formula is C118H112N16Zn4. The van der Waals surface area contributed by atoms with E-state index in [1.807, 2.05) is 0 Å². The molecule has 0 spiro atoms. The van der Waals surface area contributed by atoms with Crippen LogP contribution in [0.4, 0.5) is 0 Å². The Morgan fingerprint density at radius 1 is 0.167 bits per heavy atom. The van der Waals surface area contributed by atoms with E-state index in [2.05, 4.69) is 275 Å². The molecular weight excluding hydrogens is 1900 g/mol. The monoisotopic (exact) mass is 2010 g/mol. The van der Waals surface area contributed by atoms with Gasteiger partial charge in [0.15, 0.2) is 0 Å². The maximum absolute atomic E-state index is 5.65. The van der Waals surface area contributed by atoms with E-state index in [-0.39, 0.29) is 89.7 Å². The minimum Gasteiger partial charge on any atom is -0.657 e. The standard InChI is InChI=1S/C60H58N8.C58H54N8.4Zn/c1-13-35-36(14-2)50-20-42-28(6)32(10)46(62-42)24-54-58-40-18-17-39(57(58)53(67-54)23-45-31(9)27(5)41(61-45)19-49(35)65-50)59-55-25-47-33(11)29(7)43(63-47)21-51-37(15-3)38(16-4)52(66-51)22-44-30(8)34(12)48(64-44)26-56(68-55)60(40)59;1-13-35-36(14-2)52-20-44-28(6)32(10)48(60-44)24-56-40-18-42-41(17-39(40)55(65-56)23-47-31(9)27(5)43(59-47)19-51(35)63-52)57-25-49-33(11)29(7)45(61-49)21-53-37(15-3)38(16-4)54(64-53)22-46-30(8)34(12)50(62-46)26-58(42)66-57;;;;/h19-26,39-40H,13-18H2,1-12H3;17-26H,13-16H2,1-12H3;;;;/q2*-4;4*+2. The van der Waals surface area contributed by atoms with Crippen molar-refractivity contribution >= 4 is 199 Å². The molecule has 0 N–H and O–H groups in total. The Bertz CT molecular complexity index is 7650. The molecule has 1 aromatic carbocycles. The molecule has 0 unspecified atom stereocenters. The number of allylic oxidation sites excluding steroid dienone is 16. The Balaban J connectivity index is 0.000000178. The molecule has 0 saturated heterocycles. The molecule has 3 aliphatic carbocycles. The minimum atomic E-state index is 0. The van der Waals surface area contributed by atoms with Gasteiger partial charge < -0.3 is 39.9 Å². The Morgan fingerprint density at radius 3 is 0.406 bits per heavy atom.